The Labute approximate surface area is 116 Å². The molecule has 1 aromatic heterocycles. The maximum absolute atomic E-state index is 13.1. The summed E-state index contributed by atoms with van der Waals surface area (Å²) in [5.41, 5.74) is 0.555. The minimum Gasteiger partial charge on any atom is -0.467 e. The molecular formula is C13H16FN5O. The predicted octanol–water partition coefficient (Wildman–Crippen LogP) is 2.58. The molecule has 0 radical (unpaired) electrons. The SMILES string of the molecule is CCCNc1nc(Nc2cccc(F)c2)nc(OC)n1. The highest BCUT2D eigenvalue weighted by molar-refractivity contribution is 5.54. The fourth-order valence-corrected chi connectivity index (χ4v) is 1.51. The van der Waals surface area contributed by atoms with Gasteiger partial charge in [-0.1, -0.05) is 13.0 Å². The van der Waals surface area contributed by atoms with E-state index in [0.29, 0.717) is 17.6 Å². The smallest absolute Gasteiger partial charge is 0.322 e. The predicted molar refractivity (Wildman–Crippen MR) is 74.8 cm³/mol. The Morgan fingerprint density at radius 1 is 1.20 bits per heavy atom. The van der Waals surface area contributed by atoms with Crippen LogP contribution < -0.4 is 15.4 Å². The van der Waals surface area contributed by atoms with Crippen molar-refractivity contribution in [3.05, 3.63) is 30.1 Å². The number of halogens is 1. The summed E-state index contributed by atoms with van der Waals surface area (Å²) >= 11 is 0. The molecule has 7 heteroatoms. The van der Waals surface area contributed by atoms with E-state index < -0.39 is 0 Å². The number of anilines is 3. The second-order valence-corrected chi connectivity index (χ2v) is 4.03. The minimum absolute atomic E-state index is 0.192. The summed E-state index contributed by atoms with van der Waals surface area (Å²) < 4.78 is 18.2. The van der Waals surface area contributed by atoms with Crippen molar-refractivity contribution in [3.8, 4) is 6.01 Å². The summed E-state index contributed by atoms with van der Waals surface area (Å²) in [6.07, 6.45) is 0.945. The second-order valence-electron chi connectivity index (χ2n) is 4.03. The molecule has 2 aromatic rings. The summed E-state index contributed by atoms with van der Waals surface area (Å²) in [5, 5.41) is 5.96. The summed E-state index contributed by atoms with van der Waals surface area (Å²) in [6, 6.07) is 6.24. The highest BCUT2D eigenvalue weighted by atomic mass is 19.1. The average Bonchev–Trinajstić information content (AvgIpc) is 2.45. The minimum atomic E-state index is -0.333. The molecule has 6 nitrogen and oxygen atoms in total. The first-order valence-electron chi connectivity index (χ1n) is 6.28. The summed E-state index contributed by atoms with van der Waals surface area (Å²) in [4.78, 5) is 12.3. The quantitative estimate of drug-likeness (QED) is 0.845. The van der Waals surface area contributed by atoms with Gasteiger partial charge in [0.2, 0.25) is 11.9 Å². The molecule has 20 heavy (non-hydrogen) atoms. The van der Waals surface area contributed by atoms with Crippen LogP contribution in [0.15, 0.2) is 24.3 Å². The zero-order valence-corrected chi connectivity index (χ0v) is 11.4. The number of rotatable bonds is 6. The lowest BCUT2D eigenvalue weighted by Crippen LogP contribution is -2.09. The maximum Gasteiger partial charge on any atom is 0.322 e. The molecule has 0 saturated heterocycles. The Morgan fingerprint density at radius 2 is 2.00 bits per heavy atom. The number of ether oxygens (including phenoxy) is 1. The first-order chi connectivity index (χ1) is 9.71. The molecule has 2 rings (SSSR count). The molecule has 0 aliphatic heterocycles. The fraction of sp³-hybridized carbons (Fsp3) is 0.308. The van der Waals surface area contributed by atoms with Gasteiger partial charge in [-0.2, -0.15) is 15.0 Å². The van der Waals surface area contributed by atoms with E-state index in [0.717, 1.165) is 13.0 Å². The van der Waals surface area contributed by atoms with Gasteiger partial charge in [0.1, 0.15) is 5.82 Å². The molecule has 0 unspecified atom stereocenters. The molecule has 0 aliphatic carbocycles. The lowest BCUT2D eigenvalue weighted by molar-refractivity contribution is 0.379. The van der Waals surface area contributed by atoms with Gasteiger partial charge < -0.3 is 15.4 Å². The van der Waals surface area contributed by atoms with E-state index in [1.807, 2.05) is 6.92 Å². The number of aromatic nitrogens is 3. The Bertz CT molecular complexity index is 578. The van der Waals surface area contributed by atoms with Gasteiger partial charge in [0.25, 0.3) is 0 Å². The van der Waals surface area contributed by atoms with Crippen LogP contribution in [0.4, 0.5) is 22.0 Å². The van der Waals surface area contributed by atoms with Crippen LogP contribution >= 0.6 is 0 Å². The van der Waals surface area contributed by atoms with Crippen molar-refractivity contribution in [2.45, 2.75) is 13.3 Å². The summed E-state index contributed by atoms with van der Waals surface area (Å²) in [5.74, 6) is 0.374. The van der Waals surface area contributed by atoms with E-state index >= 15 is 0 Å². The molecule has 0 atom stereocenters. The van der Waals surface area contributed by atoms with Crippen LogP contribution in [0.1, 0.15) is 13.3 Å². The number of hydrogen-bond acceptors (Lipinski definition) is 6. The van der Waals surface area contributed by atoms with Gasteiger partial charge in [-0.15, -0.1) is 0 Å². The fourth-order valence-electron chi connectivity index (χ4n) is 1.51. The van der Waals surface area contributed by atoms with E-state index in [9.17, 15) is 4.39 Å². The van der Waals surface area contributed by atoms with Crippen molar-refractivity contribution in [3.63, 3.8) is 0 Å². The zero-order chi connectivity index (χ0) is 14.4. The van der Waals surface area contributed by atoms with Crippen LogP contribution in [-0.4, -0.2) is 28.6 Å². The van der Waals surface area contributed by atoms with Crippen molar-refractivity contribution in [1.29, 1.82) is 0 Å². The van der Waals surface area contributed by atoms with Crippen molar-refractivity contribution in [2.75, 3.05) is 24.3 Å². The van der Waals surface area contributed by atoms with E-state index in [1.54, 1.807) is 12.1 Å². The normalized spacial score (nSPS) is 10.2. The molecule has 0 amide bonds. The molecule has 0 bridgehead atoms. The van der Waals surface area contributed by atoms with Crippen molar-refractivity contribution >= 4 is 17.6 Å². The average molecular weight is 277 g/mol. The third-order valence-corrected chi connectivity index (χ3v) is 2.41. The molecule has 0 saturated carbocycles. The molecule has 1 heterocycles. The highest BCUT2D eigenvalue weighted by Crippen LogP contribution is 2.17. The lowest BCUT2D eigenvalue weighted by Gasteiger charge is -2.09. The van der Waals surface area contributed by atoms with Crippen LogP contribution in [0.3, 0.4) is 0 Å². The topological polar surface area (TPSA) is 72.0 Å². The third kappa shape index (κ3) is 3.78. The van der Waals surface area contributed by atoms with Crippen molar-refractivity contribution in [1.82, 2.24) is 15.0 Å². The monoisotopic (exact) mass is 277 g/mol. The van der Waals surface area contributed by atoms with Crippen molar-refractivity contribution < 1.29 is 9.13 Å². The van der Waals surface area contributed by atoms with E-state index in [1.165, 1.54) is 19.2 Å². The van der Waals surface area contributed by atoms with E-state index in [2.05, 4.69) is 25.6 Å². The number of nitrogens with zero attached hydrogens (tertiary/aromatic N) is 3. The summed E-state index contributed by atoms with van der Waals surface area (Å²) in [7, 11) is 1.48. The molecule has 106 valence electrons. The number of hydrogen-bond donors (Lipinski definition) is 2. The molecule has 0 spiro atoms. The number of nitrogens with one attached hydrogen (secondary N) is 2. The second kappa shape index (κ2) is 6.65. The number of methoxy groups -OCH3 is 1. The largest absolute Gasteiger partial charge is 0.467 e. The maximum atomic E-state index is 13.1. The van der Waals surface area contributed by atoms with Crippen molar-refractivity contribution in [2.24, 2.45) is 0 Å². The Morgan fingerprint density at radius 3 is 2.70 bits per heavy atom. The van der Waals surface area contributed by atoms with E-state index in [-0.39, 0.29) is 11.8 Å². The Kier molecular flexibility index (Phi) is 4.65. The molecular weight excluding hydrogens is 261 g/mol. The Balaban J connectivity index is 2.21. The lowest BCUT2D eigenvalue weighted by atomic mass is 10.3. The van der Waals surface area contributed by atoms with E-state index in [4.69, 9.17) is 4.74 Å². The molecule has 0 aliphatic rings. The van der Waals surface area contributed by atoms with Crippen LogP contribution in [0.25, 0.3) is 0 Å². The van der Waals surface area contributed by atoms with Crippen LogP contribution in [0, 0.1) is 5.82 Å². The van der Waals surface area contributed by atoms with Crippen LogP contribution in [-0.2, 0) is 0 Å². The van der Waals surface area contributed by atoms with Gasteiger partial charge in [-0.25, -0.2) is 4.39 Å². The first kappa shape index (κ1) is 14.0. The molecule has 2 N–H and O–H groups in total. The van der Waals surface area contributed by atoms with Gasteiger partial charge >= 0.3 is 6.01 Å². The molecule has 1 aromatic carbocycles. The number of benzene rings is 1. The third-order valence-electron chi connectivity index (χ3n) is 2.41. The van der Waals surface area contributed by atoms with Crippen LogP contribution in [0.2, 0.25) is 0 Å². The van der Waals surface area contributed by atoms with Gasteiger partial charge in [0.15, 0.2) is 0 Å². The zero-order valence-electron chi connectivity index (χ0n) is 11.4. The first-order valence-corrected chi connectivity index (χ1v) is 6.28. The molecule has 0 fully saturated rings. The van der Waals surface area contributed by atoms with Gasteiger partial charge in [-0.3, -0.25) is 0 Å². The standard InChI is InChI=1S/C13H16FN5O/c1-3-7-15-11-17-12(19-13(18-11)20-2)16-10-6-4-5-9(14)8-10/h4-6,8H,3,7H2,1-2H3,(H2,15,16,17,18,19). The highest BCUT2D eigenvalue weighted by Gasteiger charge is 2.07. The van der Waals surface area contributed by atoms with Crippen LogP contribution in [0.5, 0.6) is 6.01 Å². The summed E-state index contributed by atoms with van der Waals surface area (Å²) in [6.45, 7) is 2.78. The Hall–Kier alpha value is -2.44. The van der Waals surface area contributed by atoms with Gasteiger partial charge in [0, 0.05) is 12.2 Å². The van der Waals surface area contributed by atoms with Gasteiger partial charge in [0.05, 0.1) is 7.11 Å². The van der Waals surface area contributed by atoms with Gasteiger partial charge in [-0.05, 0) is 24.6 Å².